The third kappa shape index (κ3) is 0.704. The van der Waals surface area contributed by atoms with E-state index in [1.54, 1.807) is 0 Å². The first-order chi connectivity index (χ1) is 4.88. The van der Waals surface area contributed by atoms with Crippen LogP contribution in [-0.2, 0) is 4.74 Å². The van der Waals surface area contributed by atoms with E-state index in [0.717, 1.165) is 7.11 Å². The summed E-state index contributed by atoms with van der Waals surface area (Å²) in [6, 6.07) is 0. The van der Waals surface area contributed by atoms with Crippen molar-refractivity contribution < 1.29 is 17.9 Å². The van der Waals surface area contributed by atoms with Crippen LogP contribution in [0.3, 0.4) is 0 Å². The Labute approximate surface area is 62.8 Å². The Morgan fingerprint density at radius 2 is 1.55 bits per heavy atom. The van der Waals surface area contributed by atoms with Gasteiger partial charge in [0.25, 0.3) is 5.85 Å². The number of methoxy groups -OCH3 is 1. The van der Waals surface area contributed by atoms with Crippen molar-refractivity contribution >= 4 is 0 Å². The summed E-state index contributed by atoms with van der Waals surface area (Å²) in [7, 11) is 0.934. The predicted octanol–water partition coefficient (Wildman–Crippen LogP) is 2.28. The molecule has 0 bridgehead atoms. The molecular weight excluding hydrogens is 157 g/mol. The van der Waals surface area contributed by atoms with Crippen LogP contribution >= 0.6 is 0 Å². The van der Waals surface area contributed by atoms with Crippen LogP contribution in [0.4, 0.5) is 13.2 Å². The maximum absolute atomic E-state index is 13.0. The Morgan fingerprint density at radius 1 is 1.09 bits per heavy atom. The van der Waals surface area contributed by atoms with E-state index in [0.29, 0.717) is 0 Å². The summed E-state index contributed by atoms with van der Waals surface area (Å²) in [6.07, 6.45) is 0. The van der Waals surface area contributed by atoms with Crippen LogP contribution in [0, 0.1) is 0 Å². The van der Waals surface area contributed by atoms with E-state index in [1.165, 1.54) is 13.8 Å². The molecule has 0 N–H and O–H groups in total. The zero-order valence-electron chi connectivity index (χ0n) is 6.54. The van der Waals surface area contributed by atoms with Gasteiger partial charge >= 0.3 is 5.92 Å². The van der Waals surface area contributed by atoms with Gasteiger partial charge in [-0.2, -0.15) is 13.2 Å². The van der Waals surface area contributed by atoms with Gasteiger partial charge in [-0.3, -0.25) is 0 Å². The van der Waals surface area contributed by atoms with E-state index in [2.05, 4.69) is 4.74 Å². The molecule has 0 aromatic heterocycles. The molecule has 0 fully saturated rings. The van der Waals surface area contributed by atoms with E-state index in [4.69, 9.17) is 0 Å². The second kappa shape index (κ2) is 2.00. The molecule has 1 atom stereocenters. The third-order valence-electron chi connectivity index (χ3n) is 2.20. The highest BCUT2D eigenvalue weighted by Gasteiger charge is 2.67. The van der Waals surface area contributed by atoms with E-state index in [-0.39, 0.29) is 11.1 Å². The molecule has 0 aromatic rings. The molecule has 0 radical (unpaired) electrons. The molecule has 0 heterocycles. The molecule has 1 aliphatic rings. The summed E-state index contributed by atoms with van der Waals surface area (Å²) in [5.41, 5.74) is -0.258. The third-order valence-corrected chi connectivity index (χ3v) is 2.20. The second-order valence-electron chi connectivity index (χ2n) is 2.62. The van der Waals surface area contributed by atoms with Gasteiger partial charge in [0.15, 0.2) is 0 Å². The van der Waals surface area contributed by atoms with Crippen LogP contribution < -0.4 is 0 Å². The van der Waals surface area contributed by atoms with Gasteiger partial charge in [-0.15, -0.1) is 0 Å². The summed E-state index contributed by atoms with van der Waals surface area (Å²) in [6.45, 7) is 2.50. The van der Waals surface area contributed by atoms with Gasteiger partial charge in [0.1, 0.15) is 0 Å². The van der Waals surface area contributed by atoms with E-state index >= 15 is 0 Å². The molecule has 0 aromatic carbocycles. The average Bonchev–Trinajstić information content (AvgIpc) is 2.00. The lowest BCUT2D eigenvalue weighted by Gasteiger charge is -2.42. The van der Waals surface area contributed by atoms with E-state index in [9.17, 15) is 13.2 Å². The van der Waals surface area contributed by atoms with Gasteiger partial charge < -0.3 is 4.74 Å². The van der Waals surface area contributed by atoms with Crippen molar-refractivity contribution in [2.75, 3.05) is 7.11 Å². The molecule has 0 amide bonds. The highest BCUT2D eigenvalue weighted by atomic mass is 19.3. The normalized spacial score (nSPS) is 35.5. The van der Waals surface area contributed by atoms with Crippen molar-refractivity contribution in [3.63, 3.8) is 0 Å². The van der Waals surface area contributed by atoms with Crippen LogP contribution in [-0.4, -0.2) is 18.9 Å². The van der Waals surface area contributed by atoms with Crippen LogP contribution in [0.1, 0.15) is 13.8 Å². The molecule has 11 heavy (non-hydrogen) atoms. The fraction of sp³-hybridized carbons (Fsp3) is 0.714. The lowest BCUT2D eigenvalue weighted by Crippen LogP contribution is -2.56. The van der Waals surface area contributed by atoms with E-state index < -0.39 is 11.8 Å². The zero-order chi connectivity index (χ0) is 8.86. The number of rotatable bonds is 1. The summed E-state index contributed by atoms with van der Waals surface area (Å²) < 4.78 is 42.5. The van der Waals surface area contributed by atoms with Gasteiger partial charge in [-0.05, 0) is 13.8 Å². The van der Waals surface area contributed by atoms with Gasteiger partial charge in [-0.25, -0.2) is 0 Å². The van der Waals surface area contributed by atoms with E-state index in [1.807, 2.05) is 0 Å². The molecule has 1 unspecified atom stereocenters. The fourth-order valence-electron chi connectivity index (χ4n) is 1.17. The first-order valence-corrected chi connectivity index (χ1v) is 3.18. The average molecular weight is 166 g/mol. The van der Waals surface area contributed by atoms with Crippen molar-refractivity contribution in [3.8, 4) is 0 Å². The van der Waals surface area contributed by atoms with Crippen molar-refractivity contribution in [2.45, 2.75) is 25.6 Å². The molecule has 0 saturated carbocycles. The van der Waals surface area contributed by atoms with Crippen molar-refractivity contribution in [1.82, 2.24) is 0 Å². The maximum atomic E-state index is 13.0. The van der Waals surface area contributed by atoms with Gasteiger partial charge in [0.05, 0.1) is 0 Å². The summed E-state index contributed by atoms with van der Waals surface area (Å²) in [5.74, 6) is -6.32. The van der Waals surface area contributed by atoms with Gasteiger partial charge in [-0.1, -0.05) is 0 Å². The minimum Gasteiger partial charge on any atom is -0.341 e. The Morgan fingerprint density at radius 3 is 1.73 bits per heavy atom. The van der Waals surface area contributed by atoms with Crippen molar-refractivity contribution in [1.29, 1.82) is 0 Å². The number of ether oxygens (including phenoxy) is 1. The molecule has 1 nitrogen and oxygen atoms in total. The molecule has 1 aliphatic carbocycles. The largest absolute Gasteiger partial charge is 0.341 e. The second-order valence-corrected chi connectivity index (χ2v) is 2.62. The van der Waals surface area contributed by atoms with Gasteiger partial charge in [0, 0.05) is 18.3 Å². The highest BCUT2D eigenvalue weighted by molar-refractivity contribution is 5.41. The number of halogens is 3. The Kier molecular flexibility index (Phi) is 1.56. The van der Waals surface area contributed by atoms with Crippen LogP contribution in [0.15, 0.2) is 11.1 Å². The Bertz CT molecular complexity index is 222. The first kappa shape index (κ1) is 8.59. The highest BCUT2D eigenvalue weighted by Crippen LogP contribution is 2.54. The quantitative estimate of drug-likeness (QED) is 0.543. The topological polar surface area (TPSA) is 9.23 Å². The predicted molar refractivity (Wildman–Crippen MR) is 34.2 cm³/mol. The molecule has 1 rings (SSSR count). The standard InChI is InChI=1S/C7H9F3O/c1-4-5(2)7(10,11-3)6(4,8)9/h1-3H3. The summed E-state index contributed by atoms with van der Waals surface area (Å²) in [5, 5.41) is 0. The molecule has 4 heteroatoms. The Balaban J connectivity index is 3.08. The van der Waals surface area contributed by atoms with Crippen LogP contribution in [0.5, 0.6) is 0 Å². The number of hydrogen-bond donors (Lipinski definition) is 0. The lowest BCUT2D eigenvalue weighted by atomic mass is 9.81. The van der Waals surface area contributed by atoms with Gasteiger partial charge in [0.2, 0.25) is 0 Å². The van der Waals surface area contributed by atoms with Crippen molar-refractivity contribution in [2.24, 2.45) is 0 Å². The molecule has 0 saturated heterocycles. The first-order valence-electron chi connectivity index (χ1n) is 3.18. The summed E-state index contributed by atoms with van der Waals surface area (Å²) >= 11 is 0. The fourth-order valence-corrected chi connectivity index (χ4v) is 1.17. The minimum absolute atomic E-state index is 0.0231. The molecular formula is C7H9F3O. The SMILES string of the molecule is COC1(F)C(C)=C(C)C1(F)F. The summed E-state index contributed by atoms with van der Waals surface area (Å²) in [4.78, 5) is 0. The number of alkyl halides is 3. The lowest BCUT2D eigenvalue weighted by molar-refractivity contribution is -0.250. The molecule has 0 aliphatic heterocycles. The minimum atomic E-state index is -3.45. The monoisotopic (exact) mass is 166 g/mol. The smallest absolute Gasteiger partial charge is 0.331 e. The molecule has 0 spiro atoms. The molecule has 64 valence electrons. The van der Waals surface area contributed by atoms with Crippen molar-refractivity contribution in [3.05, 3.63) is 11.1 Å². The zero-order valence-corrected chi connectivity index (χ0v) is 6.54. The Hall–Kier alpha value is -0.510. The van der Waals surface area contributed by atoms with Crippen LogP contribution in [0.2, 0.25) is 0 Å². The van der Waals surface area contributed by atoms with Crippen LogP contribution in [0.25, 0.3) is 0 Å². The number of hydrogen-bond acceptors (Lipinski definition) is 1. The maximum Gasteiger partial charge on any atom is 0.331 e.